The van der Waals surface area contributed by atoms with Crippen molar-refractivity contribution in [3.05, 3.63) is 24.3 Å². The summed E-state index contributed by atoms with van der Waals surface area (Å²) in [5.74, 6) is 0.764. The lowest BCUT2D eigenvalue weighted by molar-refractivity contribution is 0.0969. The molecule has 80 valence electrons. The second kappa shape index (κ2) is 4.98. The zero-order valence-electron chi connectivity index (χ0n) is 8.65. The topological polar surface area (TPSA) is 54.9 Å². The zero-order chi connectivity index (χ0) is 10.5. The van der Waals surface area contributed by atoms with Crippen molar-refractivity contribution in [3.63, 3.8) is 0 Å². The van der Waals surface area contributed by atoms with Crippen LogP contribution in [0, 0.1) is 5.92 Å². The standard InChI is InChI=1S/C11H15N3O/c15-11(10-8-13-5-6-14-10)2-1-9-3-4-12-7-9/h5-6,8-9,12H,1-4,7H2. The number of carbonyl (C=O) groups excluding carboxylic acids is 1. The number of nitrogens with zero attached hydrogens (tertiary/aromatic N) is 2. The van der Waals surface area contributed by atoms with Crippen molar-refractivity contribution in [1.29, 1.82) is 0 Å². The first-order chi connectivity index (χ1) is 7.36. The third kappa shape index (κ3) is 2.83. The first kappa shape index (κ1) is 10.2. The molecule has 4 nitrogen and oxygen atoms in total. The molecule has 0 spiro atoms. The van der Waals surface area contributed by atoms with E-state index < -0.39 is 0 Å². The van der Waals surface area contributed by atoms with E-state index in [-0.39, 0.29) is 5.78 Å². The van der Waals surface area contributed by atoms with E-state index in [1.807, 2.05) is 0 Å². The van der Waals surface area contributed by atoms with Gasteiger partial charge in [0, 0.05) is 18.8 Å². The molecule has 1 aromatic heterocycles. The Balaban J connectivity index is 1.82. The van der Waals surface area contributed by atoms with Gasteiger partial charge in [0.1, 0.15) is 5.69 Å². The van der Waals surface area contributed by atoms with Crippen molar-refractivity contribution in [2.45, 2.75) is 19.3 Å². The molecule has 1 N–H and O–H groups in total. The van der Waals surface area contributed by atoms with Crippen LogP contribution in [0.3, 0.4) is 0 Å². The second-order valence-electron chi connectivity index (χ2n) is 3.91. The molecule has 1 aliphatic heterocycles. The molecule has 15 heavy (non-hydrogen) atoms. The normalized spacial score (nSPS) is 20.4. The van der Waals surface area contributed by atoms with E-state index in [1.54, 1.807) is 12.4 Å². The molecule has 2 rings (SSSR count). The SMILES string of the molecule is O=C(CCC1CCNC1)c1cnccn1. The molecule has 0 aliphatic carbocycles. The van der Waals surface area contributed by atoms with E-state index in [4.69, 9.17) is 0 Å². The molecule has 2 heterocycles. The highest BCUT2D eigenvalue weighted by atomic mass is 16.1. The van der Waals surface area contributed by atoms with Crippen molar-refractivity contribution in [2.24, 2.45) is 5.92 Å². The maximum absolute atomic E-state index is 11.7. The van der Waals surface area contributed by atoms with E-state index in [2.05, 4.69) is 15.3 Å². The summed E-state index contributed by atoms with van der Waals surface area (Å²) in [5, 5.41) is 3.30. The molecule has 1 fully saturated rings. The van der Waals surface area contributed by atoms with Gasteiger partial charge in [-0.15, -0.1) is 0 Å². The molecule has 0 aromatic carbocycles. The molecular formula is C11H15N3O. The molecule has 4 heteroatoms. The van der Waals surface area contributed by atoms with E-state index in [9.17, 15) is 4.79 Å². The van der Waals surface area contributed by atoms with Gasteiger partial charge in [-0.25, -0.2) is 4.98 Å². The lowest BCUT2D eigenvalue weighted by Gasteiger charge is -2.06. The number of hydrogen-bond donors (Lipinski definition) is 1. The molecular weight excluding hydrogens is 190 g/mol. The van der Waals surface area contributed by atoms with Gasteiger partial charge in [0.2, 0.25) is 0 Å². The van der Waals surface area contributed by atoms with Crippen molar-refractivity contribution < 1.29 is 4.79 Å². The predicted octanol–water partition coefficient (Wildman–Crippen LogP) is 1.05. The Labute approximate surface area is 89.1 Å². The minimum Gasteiger partial charge on any atom is -0.316 e. The zero-order valence-corrected chi connectivity index (χ0v) is 8.65. The van der Waals surface area contributed by atoms with Crippen LogP contribution >= 0.6 is 0 Å². The molecule has 1 atom stereocenters. The number of rotatable bonds is 4. The quantitative estimate of drug-likeness (QED) is 0.746. The molecule has 1 aromatic rings. The van der Waals surface area contributed by atoms with Crippen LogP contribution in [0.5, 0.6) is 0 Å². The Kier molecular flexibility index (Phi) is 3.40. The number of Topliss-reactive ketones (excluding diaryl/α,β-unsaturated/α-hetero) is 1. The Hall–Kier alpha value is -1.29. The van der Waals surface area contributed by atoms with Gasteiger partial charge < -0.3 is 5.32 Å². The minimum absolute atomic E-state index is 0.106. The molecule has 0 amide bonds. The molecule has 1 aliphatic rings. The van der Waals surface area contributed by atoms with Crippen molar-refractivity contribution in [1.82, 2.24) is 15.3 Å². The monoisotopic (exact) mass is 205 g/mol. The molecule has 0 saturated carbocycles. The lowest BCUT2D eigenvalue weighted by Crippen LogP contribution is -2.11. The highest BCUT2D eigenvalue weighted by Gasteiger charge is 2.16. The molecule has 1 saturated heterocycles. The Morgan fingerprint density at radius 2 is 2.47 bits per heavy atom. The molecule has 1 unspecified atom stereocenters. The molecule has 0 radical (unpaired) electrons. The smallest absolute Gasteiger partial charge is 0.182 e. The highest BCUT2D eigenvalue weighted by molar-refractivity contribution is 5.93. The van der Waals surface area contributed by atoms with Crippen LogP contribution in [-0.2, 0) is 0 Å². The van der Waals surface area contributed by atoms with Crippen molar-refractivity contribution in [2.75, 3.05) is 13.1 Å². The average Bonchev–Trinajstić information content (AvgIpc) is 2.80. The highest BCUT2D eigenvalue weighted by Crippen LogP contribution is 2.15. The summed E-state index contributed by atoms with van der Waals surface area (Å²) in [6.45, 7) is 2.14. The third-order valence-electron chi connectivity index (χ3n) is 2.79. The summed E-state index contributed by atoms with van der Waals surface area (Å²) in [7, 11) is 0. The number of nitrogens with one attached hydrogen (secondary N) is 1. The summed E-state index contributed by atoms with van der Waals surface area (Å²) < 4.78 is 0. The fraction of sp³-hybridized carbons (Fsp3) is 0.545. The van der Waals surface area contributed by atoms with E-state index in [0.29, 0.717) is 18.0 Å². The summed E-state index contributed by atoms with van der Waals surface area (Å²) in [5.41, 5.74) is 0.489. The van der Waals surface area contributed by atoms with Crippen molar-refractivity contribution in [3.8, 4) is 0 Å². The fourth-order valence-corrected chi connectivity index (χ4v) is 1.87. The summed E-state index contributed by atoms with van der Waals surface area (Å²) in [6, 6.07) is 0. The maximum Gasteiger partial charge on any atom is 0.182 e. The average molecular weight is 205 g/mol. The van der Waals surface area contributed by atoms with Gasteiger partial charge in [-0.1, -0.05) is 0 Å². The maximum atomic E-state index is 11.7. The van der Waals surface area contributed by atoms with Crippen LogP contribution in [0.4, 0.5) is 0 Å². The number of hydrogen-bond acceptors (Lipinski definition) is 4. The van der Waals surface area contributed by atoms with Gasteiger partial charge >= 0.3 is 0 Å². The van der Waals surface area contributed by atoms with Crippen LogP contribution in [0.15, 0.2) is 18.6 Å². The largest absolute Gasteiger partial charge is 0.316 e. The van der Waals surface area contributed by atoms with Gasteiger partial charge in [-0.2, -0.15) is 0 Å². The Morgan fingerprint density at radius 1 is 1.53 bits per heavy atom. The van der Waals surface area contributed by atoms with Crippen LogP contribution < -0.4 is 5.32 Å². The predicted molar refractivity (Wildman–Crippen MR) is 56.6 cm³/mol. The summed E-state index contributed by atoms with van der Waals surface area (Å²) >= 11 is 0. The number of aromatic nitrogens is 2. The van der Waals surface area contributed by atoms with Gasteiger partial charge in [0.05, 0.1) is 6.20 Å². The number of ketones is 1. The summed E-state index contributed by atoms with van der Waals surface area (Å²) in [4.78, 5) is 19.6. The third-order valence-corrected chi connectivity index (χ3v) is 2.79. The van der Waals surface area contributed by atoms with Crippen LogP contribution in [0.25, 0.3) is 0 Å². The van der Waals surface area contributed by atoms with Crippen LogP contribution in [-0.4, -0.2) is 28.8 Å². The first-order valence-electron chi connectivity index (χ1n) is 5.36. The summed E-state index contributed by atoms with van der Waals surface area (Å²) in [6.07, 6.45) is 7.42. The minimum atomic E-state index is 0.106. The van der Waals surface area contributed by atoms with Crippen LogP contribution in [0.1, 0.15) is 29.8 Å². The first-order valence-corrected chi connectivity index (χ1v) is 5.36. The second-order valence-corrected chi connectivity index (χ2v) is 3.91. The van der Waals surface area contributed by atoms with E-state index in [0.717, 1.165) is 19.5 Å². The Morgan fingerprint density at radius 3 is 3.13 bits per heavy atom. The number of carbonyl (C=O) groups is 1. The fourth-order valence-electron chi connectivity index (χ4n) is 1.87. The lowest BCUT2D eigenvalue weighted by atomic mass is 10.00. The molecule has 0 bridgehead atoms. The van der Waals surface area contributed by atoms with Crippen LogP contribution in [0.2, 0.25) is 0 Å². The van der Waals surface area contributed by atoms with Crippen molar-refractivity contribution >= 4 is 5.78 Å². The van der Waals surface area contributed by atoms with Gasteiger partial charge in [-0.3, -0.25) is 9.78 Å². The Bertz CT molecular complexity index is 320. The van der Waals surface area contributed by atoms with Gasteiger partial charge in [0.15, 0.2) is 5.78 Å². The van der Waals surface area contributed by atoms with Gasteiger partial charge in [0.25, 0.3) is 0 Å². The van der Waals surface area contributed by atoms with E-state index >= 15 is 0 Å². The van der Waals surface area contributed by atoms with Gasteiger partial charge in [-0.05, 0) is 31.8 Å². The van der Waals surface area contributed by atoms with E-state index in [1.165, 1.54) is 12.6 Å².